The van der Waals surface area contributed by atoms with E-state index in [1.54, 1.807) is 31.4 Å². The predicted octanol–water partition coefficient (Wildman–Crippen LogP) is 2.65. The van der Waals surface area contributed by atoms with E-state index in [4.69, 9.17) is 15.2 Å². The Morgan fingerprint density at radius 2 is 1.93 bits per heavy atom. The van der Waals surface area contributed by atoms with Gasteiger partial charge in [-0.25, -0.2) is 14.8 Å². The number of amides is 1. The number of carbonyl (C=O) groups excluding carboxylic acids is 2. The third-order valence-corrected chi connectivity index (χ3v) is 5.04. The summed E-state index contributed by atoms with van der Waals surface area (Å²) in [5.74, 6) is -0.336. The molecule has 0 aliphatic heterocycles. The van der Waals surface area contributed by atoms with Crippen LogP contribution in [-0.4, -0.2) is 42.2 Å². The Balaban J connectivity index is 1.90. The number of hydrogen-bond acceptors (Lipinski definition) is 8. The van der Waals surface area contributed by atoms with E-state index in [9.17, 15) is 9.59 Å². The molecule has 0 aliphatic rings. The number of ether oxygens (including phenoxy) is 2. The number of carbonyl (C=O) groups is 2. The summed E-state index contributed by atoms with van der Waals surface area (Å²) in [6.45, 7) is 2.35. The topological polar surface area (TPSA) is 116 Å². The number of nitrogens with zero attached hydrogens (tertiary/aromatic N) is 2. The smallest absolute Gasteiger partial charge is 0.348 e. The van der Waals surface area contributed by atoms with Gasteiger partial charge >= 0.3 is 5.97 Å². The van der Waals surface area contributed by atoms with Crippen molar-refractivity contribution >= 4 is 44.9 Å². The quantitative estimate of drug-likeness (QED) is 0.473. The molecule has 0 spiro atoms. The Morgan fingerprint density at radius 1 is 1.19 bits per heavy atom. The number of benzene rings is 1. The van der Waals surface area contributed by atoms with Gasteiger partial charge in [-0.15, -0.1) is 11.3 Å². The van der Waals surface area contributed by atoms with Crippen LogP contribution in [-0.2, 0) is 9.47 Å². The minimum atomic E-state index is -0.490. The van der Waals surface area contributed by atoms with Crippen molar-refractivity contribution in [1.82, 2.24) is 9.97 Å². The van der Waals surface area contributed by atoms with Gasteiger partial charge in [-0.1, -0.05) is 0 Å². The van der Waals surface area contributed by atoms with Crippen molar-refractivity contribution in [3.63, 3.8) is 0 Å². The van der Waals surface area contributed by atoms with Crippen LogP contribution in [0.3, 0.4) is 0 Å². The molecule has 3 aromatic rings. The molecular weight excluding hydrogens is 368 g/mol. The zero-order valence-corrected chi connectivity index (χ0v) is 15.6. The van der Waals surface area contributed by atoms with Gasteiger partial charge in [-0.05, 0) is 36.8 Å². The molecule has 0 atom stereocenters. The number of primary amides is 1. The van der Waals surface area contributed by atoms with Gasteiger partial charge in [0.25, 0.3) is 0 Å². The van der Waals surface area contributed by atoms with Crippen molar-refractivity contribution < 1.29 is 19.1 Å². The van der Waals surface area contributed by atoms with Gasteiger partial charge in [-0.2, -0.15) is 0 Å². The van der Waals surface area contributed by atoms with Crippen LogP contribution >= 0.6 is 11.3 Å². The monoisotopic (exact) mass is 386 g/mol. The lowest BCUT2D eigenvalue weighted by Gasteiger charge is -2.08. The summed E-state index contributed by atoms with van der Waals surface area (Å²) in [6, 6.07) is 6.72. The first-order valence-corrected chi connectivity index (χ1v) is 8.90. The molecule has 1 amide bonds. The Morgan fingerprint density at radius 3 is 2.59 bits per heavy atom. The molecule has 0 radical (unpaired) electrons. The van der Waals surface area contributed by atoms with Gasteiger partial charge in [-0.3, -0.25) is 4.79 Å². The lowest BCUT2D eigenvalue weighted by atomic mass is 10.2. The van der Waals surface area contributed by atoms with E-state index in [2.05, 4.69) is 15.3 Å². The first-order chi connectivity index (χ1) is 13.0. The number of fused-ring (bicyclic) bond motifs is 1. The summed E-state index contributed by atoms with van der Waals surface area (Å²) in [6.07, 6.45) is 1.43. The van der Waals surface area contributed by atoms with Crippen LogP contribution in [0.1, 0.15) is 25.6 Å². The van der Waals surface area contributed by atoms with E-state index in [1.807, 2.05) is 6.92 Å². The number of methoxy groups -OCH3 is 1. The van der Waals surface area contributed by atoms with Gasteiger partial charge in [0.2, 0.25) is 5.91 Å². The highest BCUT2D eigenvalue weighted by Crippen LogP contribution is 2.34. The molecule has 2 aromatic heterocycles. The summed E-state index contributed by atoms with van der Waals surface area (Å²) in [5, 5.41) is 3.94. The van der Waals surface area contributed by atoms with E-state index >= 15 is 0 Å². The number of hydrogen-bond donors (Lipinski definition) is 2. The van der Waals surface area contributed by atoms with Gasteiger partial charge < -0.3 is 20.5 Å². The molecule has 0 saturated carbocycles. The molecule has 0 saturated heterocycles. The minimum Gasteiger partial charge on any atom is -0.459 e. The third-order valence-electron chi connectivity index (χ3n) is 3.86. The van der Waals surface area contributed by atoms with E-state index in [0.717, 1.165) is 16.6 Å². The van der Waals surface area contributed by atoms with Gasteiger partial charge in [0.05, 0.1) is 12.0 Å². The molecule has 8 nitrogen and oxygen atoms in total. The summed E-state index contributed by atoms with van der Waals surface area (Å²) in [7, 11) is 1.54. The predicted molar refractivity (Wildman–Crippen MR) is 103 cm³/mol. The number of nitrogens with one attached hydrogen (secondary N) is 1. The summed E-state index contributed by atoms with van der Waals surface area (Å²) in [4.78, 5) is 33.2. The number of aromatic nitrogens is 2. The summed E-state index contributed by atoms with van der Waals surface area (Å²) < 4.78 is 10.1. The fourth-order valence-electron chi connectivity index (χ4n) is 2.50. The maximum atomic E-state index is 12.3. The van der Waals surface area contributed by atoms with Crippen molar-refractivity contribution in [3.05, 3.63) is 46.6 Å². The van der Waals surface area contributed by atoms with E-state index in [1.165, 1.54) is 17.7 Å². The molecule has 0 bridgehead atoms. The normalized spacial score (nSPS) is 10.7. The molecule has 9 heteroatoms. The average Bonchev–Trinajstić information content (AvgIpc) is 3.00. The SMILES string of the molecule is COCCOC(=O)c1sc2ncnc(Nc3ccc(C(N)=O)cc3)c2c1C. The van der Waals surface area contributed by atoms with Crippen molar-refractivity contribution in [3.8, 4) is 0 Å². The van der Waals surface area contributed by atoms with E-state index < -0.39 is 11.9 Å². The highest BCUT2D eigenvalue weighted by atomic mass is 32.1. The second-order valence-electron chi connectivity index (χ2n) is 5.65. The molecule has 1 aromatic carbocycles. The first kappa shape index (κ1) is 18.7. The molecule has 0 aliphatic carbocycles. The minimum absolute atomic E-state index is 0.187. The highest BCUT2D eigenvalue weighted by molar-refractivity contribution is 7.20. The maximum absolute atomic E-state index is 12.3. The number of esters is 1. The van der Waals surface area contributed by atoms with Crippen LogP contribution in [0.4, 0.5) is 11.5 Å². The molecule has 3 rings (SSSR count). The maximum Gasteiger partial charge on any atom is 0.348 e. The largest absolute Gasteiger partial charge is 0.459 e. The lowest BCUT2D eigenvalue weighted by molar-refractivity contribution is 0.0393. The Labute approximate surface area is 159 Å². The standard InChI is InChI=1S/C18H18N4O4S/c1-10-13-16(22-12-5-3-11(4-6-12)15(19)23)20-9-21-17(13)27-14(10)18(24)26-8-7-25-2/h3-6,9H,7-8H2,1-2H3,(H2,19,23)(H,20,21,22). The molecule has 140 valence electrons. The number of anilines is 2. The lowest BCUT2D eigenvalue weighted by Crippen LogP contribution is -2.10. The number of aryl methyl sites for hydroxylation is 1. The van der Waals surface area contributed by atoms with Crippen LogP contribution in [0.25, 0.3) is 10.2 Å². The van der Waals surface area contributed by atoms with Crippen LogP contribution in [0.5, 0.6) is 0 Å². The fourth-order valence-corrected chi connectivity index (χ4v) is 3.54. The third kappa shape index (κ3) is 4.04. The Hall–Kier alpha value is -3.04. The summed E-state index contributed by atoms with van der Waals surface area (Å²) in [5.41, 5.74) is 7.15. The summed E-state index contributed by atoms with van der Waals surface area (Å²) >= 11 is 1.25. The number of nitrogens with two attached hydrogens (primary N) is 1. The van der Waals surface area contributed by atoms with Crippen LogP contribution in [0.15, 0.2) is 30.6 Å². The van der Waals surface area contributed by atoms with Crippen molar-refractivity contribution in [2.24, 2.45) is 5.73 Å². The van der Waals surface area contributed by atoms with Crippen molar-refractivity contribution in [2.75, 3.05) is 25.6 Å². The second kappa shape index (κ2) is 8.11. The van der Waals surface area contributed by atoms with E-state index in [0.29, 0.717) is 27.7 Å². The first-order valence-electron chi connectivity index (χ1n) is 8.08. The highest BCUT2D eigenvalue weighted by Gasteiger charge is 2.20. The van der Waals surface area contributed by atoms with Crippen molar-refractivity contribution in [2.45, 2.75) is 6.92 Å². The number of thiophene rings is 1. The molecular formula is C18H18N4O4S. The van der Waals surface area contributed by atoms with Gasteiger partial charge in [0.15, 0.2) is 0 Å². The zero-order valence-electron chi connectivity index (χ0n) is 14.8. The van der Waals surface area contributed by atoms with Crippen LogP contribution in [0.2, 0.25) is 0 Å². The van der Waals surface area contributed by atoms with Gasteiger partial charge in [0, 0.05) is 18.4 Å². The average molecular weight is 386 g/mol. The Bertz CT molecular complexity index is 985. The van der Waals surface area contributed by atoms with Crippen LogP contribution < -0.4 is 11.1 Å². The van der Waals surface area contributed by atoms with E-state index in [-0.39, 0.29) is 6.61 Å². The number of rotatable bonds is 7. The molecule has 3 N–H and O–H groups in total. The van der Waals surface area contributed by atoms with Gasteiger partial charge in [0.1, 0.15) is 28.5 Å². The fraction of sp³-hybridized carbons (Fsp3) is 0.222. The van der Waals surface area contributed by atoms with Crippen LogP contribution in [0, 0.1) is 6.92 Å². The molecule has 0 unspecified atom stereocenters. The Kier molecular flexibility index (Phi) is 5.63. The van der Waals surface area contributed by atoms with Crippen molar-refractivity contribution in [1.29, 1.82) is 0 Å². The molecule has 27 heavy (non-hydrogen) atoms. The second-order valence-corrected chi connectivity index (χ2v) is 6.65. The molecule has 2 heterocycles. The zero-order chi connectivity index (χ0) is 19.4. The molecule has 0 fully saturated rings.